The van der Waals surface area contributed by atoms with E-state index in [1.165, 1.54) is 19.2 Å². The molecule has 10 heteroatoms. The number of ether oxygens (including phenoxy) is 1. The Morgan fingerprint density at radius 1 is 1.03 bits per heavy atom. The lowest BCUT2D eigenvalue weighted by atomic mass is 9.72. The lowest BCUT2D eigenvalue weighted by molar-refractivity contribution is 0.117. The number of carbonyl (C=O) groups is 1. The molecule has 3 aliphatic rings. The van der Waals surface area contributed by atoms with Crippen molar-refractivity contribution < 1.29 is 13.9 Å². The summed E-state index contributed by atoms with van der Waals surface area (Å²) in [5, 5.41) is 9.50. The van der Waals surface area contributed by atoms with Crippen LogP contribution in [0.2, 0.25) is 5.02 Å². The first-order valence-corrected chi connectivity index (χ1v) is 11.1. The highest BCUT2D eigenvalue weighted by molar-refractivity contribution is 6.30. The van der Waals surface area contributed by atoms with Gasteiger partial charge in [-0.25, -0.2) is 9.18 Å². The molecule has 0 aliphatic carbocycles. The van der Waals surface area contributed by atoms with Gasteiger partial charge in [-0.1, -0.05) is 11.6 Å². The zero-order valence-corrected chi connectivity index (χ0v) is 18.8. The van der Waals surface area contributed by atoms with E-state index in [9.17, 15) is 9.18 Å². The highest BCUT2D eigenvalue weighted by Gasteiger charge is 2.53. The third kappa shape index (κ3) is 3.30. The van der Waals surface area contributed by atoms with E-state index in [4.69, 9.17) is 16.3 Å². The number of hydrogen-bond donors (Lipinski definition) is 0. The van der Waals surface area contributed by atoms with Crippen molar-refractivity contribution in [3.05, 3.63) is 64.7 Å². The number of nitrogens with zero attached hydrogens (tertiary/aromatic N) is 6. The molecule has 6 rings (SSSR count). The van der Waals surface area contributed by atoms with Gasteiger partial charge in [-0.15, -0.1) is 10.2 Å². The molecule has 170 valence electrons. The molecule has 0 radical (unpaired) electrons. The Labute approximate surface area is 195 Å². The van der Waals surface area contributed by atoms with Crippen LogP contribution < -0.4 is 9.80 Å². The molecular weight excluding hydrogens is 447 g/mol. The Bertz CT molecular complexity index is 1230. The van der Waals surface area contributed by atoms with Crippen LogP contribution in [0.4, 0.5) is 20.8 Å². The highest BCUT2D eigenvalue weighted by atomic mass is 35.5. The van der Waals surface area contributed by atoms with E-state index in [-0.39, 0.29) is 11.2 Å². The smallest absolute Gasteiger partial charge is 0.410 e. The van der Waals surface area contributed by atoms with Crippen LogP contribution in [0.25, 0.3) is 5.69 Å². The number of hydrogen-bond acceptors (Lipinski definition) is 6. The molecule has 0 atom stereocenters. The van der Waals surface area contributed by atoms with E-state index in [0.29, 0.717) is 23.9 Å². The molecule has 1 aromatic heterocycles. The second-order valence-corrected chi connectivity index (χ2v) is 9.48. The van der Waals surface area contributed by atoms with Crippen LogP contribution in [-0.2, 0) is 17.8 Å². The minimum Gasteiger partial charge on any atom is -0.453 e. The van der Waals surface area contributed by atoms with Crippen molar-refractivity contribution in [2.75, 3.05) is 43.1 Å². The fourth-order valence-corrected chi connectivity index (χ4v) is 5.35. The maximum Gasteiger partial charge on any atom is 0.410 e. The molecule has 2 aromatic carbocycles. The SMILES string of the molecule is COC(=O)N1Cc2cc(Cl)ccc2-n2c(nnc2N2CC3(CN(c4ccc(F)cc4)C3)C2)C1. The lowest BCUT2D eigenvalue weighted by Gasteiger charge is -2.61. The van der Waals surface area contributed by atoms with Crippen molar-refractivity contribution >= 4 is 29.3 Å². The minimum atomic E-state index is -0.419. The summed E-state index contributed by atoms with van der Waals surface area (Å²) in [4.78, 5) is 18.4. The van der Waals surface area contributed by atoms with Crippen LogP contribution in [0, 0.1) is 11.2 Å². The molecule has 3 aromatic rings. The summed E-state index contributed by atoms with van der Waals surface area (Å²) in [6.07, 6.45) is -0.419. The first-order chi connectivity index (χ1) is 15.9. The molecular formula is C23H22ClFN6O2. The zero-order valence-electron chi connectivity index (χ0n) is 18.0. The van der Waals surface area contributed by atoms with E-state index in [1.54, 1.807) is 4.90 Å². The predicted octanol–water partition coefficient (Wildman–Crippen LogP) is 3.47. The first-order valence-electron chi connectivity index (χ1n) is 10.8. The Morgan fingerprint density at radius 2 is 1.76 bits per heavy atom. The normalized spacial score (nSPS) is 18.2. The van der Waals surface area contributed by atoms with E-state index in [1.807, 2.05) is 34.9 Å². The number of carbonyl (C=O) groups excluding carboxylic acids is 1. The summed E-state index contributed by atoms with van der Waals surface area (Å²) in [7, 11) is 1.37. The second-order valence-electron chi connectivity index (χ2n) is 9.04. The summed E-state index contributed by atoms with van der Waals surface area (Å²) < 4.78 is 20.2. The number of anilines is 2. The molecule has 4 heterocycles. The molecule has 8 nitrogen and oxygen atoms in total. The number of methoxy groups -OCH3 is 1. The Balaban J connectivity index is 1.25. The quantitative estimate of drug-likeness (QED) is 0.574. The first kappa shape index (κ1) is 20.3. The fourth-order valence-electron chi connectivity index (χ4n) is 5.15. The predicted molar refractivity (Wildman–Crippen MR) is 121 cm³/mol. The standard InChI is InChI=1S/C23H22ClFN6O2/c1-33-22(32)28-9-15-8-16(24)2-7-19(15)31-20(10-28)26-27-21(31)30-13-23(14-30)11-29(12-23)18-5-3-17(25)4-6-18/h2-8H,9-14H2,1H3. The number of aromatic nitrogens is 3. The summed E-state index contributed by atoms with van der Waals surface area (Å²) in [5.74, 6) is 1.23. The van der Waals surface area contributed by atoms with E-state index >= 15 is 0 Å². The summed E-state index contributed by atoms with van der Waals surface area (Å²) in [6.45, 7) is 4.26. The van der Waals surface area contributed by atoms with Gasteiger partial charge in [0.05, 0.1) is 25.9 Å². The van der Waals surface area contributed by atoms with Crippen molar-refractivity contribution in [3.8, 4) is 5.69 Å². The summed E-state index contributed by atoms with van der Waals surface area (Å²) in [6, 6.07) is 12.3. The largest absolute Gasteiger partial charge is 0.453 e. The van der Waals surface area contributed by atoms with E-state index in [2.05, 4.69) is 20.0 Å². The minimum absolute atomic E-state index is 0.201. The van der Waals surface area contributed by atoms with Gasteiger partial charge in [0.2, 0.25) is 5.95 Å². The van der Waals surface area contributed by atoms with Gasteiger partial charge in [-0.2, -0.15) is 0 Å². The number of amides is 1. The number of halogens is 2. The Kier molecular flexibility index (Phi) is 4.52. The third-order valence-electron chi connectivity index (χ3n) is 6.70. The maximum absolute atomic E-state index is 13.2. The molecule has 0 unspecified atom stereocenters. The lowest BCUT2D eigenvalue weighted by Crippen LogP contribution is -2.72. The molecule has 1 amide bonds. The Morgan fingerprint density at radius 3 is 2.48 bits per heavy atom. The second kappa shape index (κ2) is 7.34. The molecule has 0 bridgehead atoms. The topological polar surface area (TPSA) is 66.7 Å². The molecule has 2 fully saturated rings. The van der Waals surface area contributed by atoms with Crippen molar-refractivity contribution in [1.29, 1.82) is 0 Å². The van der Waals surface area contributed by atoms with Gasteiger partial charge in [-0.3, -0.25) is 9.47 Å². The van der Waals surface area contributed by atoms with Gasteiger partial charge in [0.25, 0.3) is 0 Å². The van der Waals surface area contributed by atoms with Crippen molar-refractivity contribution in [2.45, 2.75) is 13.1 Å². The number of fused-ring (bicyclic) bond motifs is 3. The molecule has 33 heavy (non-hydrogen) atoms. The maximum atomic E-state index is 13.2. The summed E-state index contributed by atoms with van der Waals surface area (Å²) in [5.41, 5.74) is 3.08. The molecule has 1 spiro atoms. The number of benzene rings is 2. The molecule has 0 saturated carbocycles. The highest BCUT2D eigenvalue weighted by Crippen LogP contribution is 2.44. The average molecular weight is 469 g/mol. The van der Waals surface area contributed by atoms with E-state index < -0.39 is 6.09 Å². The van der Waals surface area contributed by atoms with Crippen molar-refractivity contribution in [1.82, 2.24) is 19.7 Å². The van der Waals surface area contributed by atoms with Crippen molar-refractivity contribution in [2.24, 2.45) is 5.41 Å². The van der Waals surface area contributed by atoms with Gasteiger partial charge in [0, 0.05) is 42.3 Å². The monoisotopic (exact) mass is 468 g/mol. The Hall–Kier alpha value is -3.33. The van der Waals surface area contributed by atoms with Gasteiger partial charge in [0.15, 0.2) is 5.82 Å². The van der Waals surface area contributed by atoms with E-state index in [0.717, 1.165) is 49.1 Å². The fraction of sp³-hybridized carbons (Fsp3) is 0.348. The zero-order chi connectivity index (χ0) is 22.7. The van der Waals surface area contributed by atoms with Gasteiger partial charge in [0.1, 0.15) is 5.82 Å². The third-order valence-corrected chi connectivity index (χ3v) is 6.94. The molecule has 2 saturated heterocycles. The van der Waals surface area contributed by atoms with Gasteiger partial charge in [-0.05, 0) is 48.0 Å². The van der Waals surface area contributed by atoms with Crippen LogP contribution in [-0.4, -0.2) is 59.0 Å². The molecule has 0 N–H and O–H groups in total. The summed E-state index contributed by atoms with van der Waals surface area (Å²) >= 11 is 6.26. The van der Waals surface area contributed by atoms with Crippen molar-refractivity contribution in [3.63, 3.8) is 0 Å². The van der Waals surface area contributed by atoms with Crippen LogP contribution in [0.5, 0.6) is 0 Å². The van der Waals surface area contributed by atoms with Crippen LogP contribution in [0.15, 0.2) is 42.5 Å². The van der Waals surface area contributed by atoms with Gasteiger partial charge < -0.3 is 14.5 Å². The average Bonchev–Trinajstić information content (AvgIpc) is 3.07. The van der Waals surface area contributed by atoms with Crippen LogP contribution >= 0.6 is 11.6 Å². The number of rotatable bonds is 2. The van der Waals surface area contributed by atoms with Crippen LogP contribution in [0.1, 0.15) is 11.4 Å². The van der Waals surface area contributed by atoms with Gasteiger partial charge >= 0.3 is 6.09 Å². The molecule has 3 aliphatic heterocycles. The van der Waals surface area contributed by atoms with Crippen LogP contribution in [0.3, 0.4) is 0 Å².